The summed E-state index contributed by atoms with van der Waals surface area (Å²) in [4.78, 5) is 41.0. The molecule has 43 heavy (non-hydrogen) atoms. The van der Waals surface area contributed by atoms with Crippen molar-refractivity contribution in [2.45, 2.75) is 65.0 Å². The van der Waals surface area contributed by atoms with Crippen LogP contribution in [-0.2, 0) is 24.5 Å². The van der Waals surface area contributed by atoms with E-state index >= 15 is 0 Å². The highest BCUT2D eigenvalue weighted by atomic mass is 19.4. The van der Waals surface area contributed by atoms with Gasteiger partial charge in [0.2, 0.25) is 0 Å². The van der Waals surface area contributed by atoms with Gasteiger partial charge in [0.15, 0.2) is 0 Å². The molecule has 2 aliphatic rings. The lowest BCUT2D eigenvalue weighted by molar-refractivity contribution is -0.144. The molecule has 0 saturated carbocycles. The van der Waals surface area contributed by atoms with Crippen molar-refractivity contribution in [1.82, 2.24) is 4.90 Å². The van der Waals surface area contributed by atoms with Crippen LogP contribution in [0.4, 0.5) is 18.9 Å². The van der Waals surface area contributed by atoms with Gasteiger partial charge in [-0.25, -0.2) is 0 Å². The number of imide groups is 1. The highest BCUT2D eigenvalue weighted by Crippen LogP contribution is 2.51. The lowest BCUT2D eigenvalue weighted by Crippen LogP contribution is -2.45. The van der Waals surface area contributed by atoms with Gasteiger partial charge in [0.05, 0.1) is 17.8 Å². The minimum atomic E-state index is -5.11. The average Bonchev–Trinajstić information content (AvgIpc) is 3.17. The van der Waals surface area contributed by atoms with Crippen LogP contribution in [0.2, 0.25) is 0 Å². The van der Waals surface area contributed by atoms with Crippen molar-refractivity contribution < 1.29 is 32.3 Å². The number of amides is 2. The minimum Gasteiger partial charge on any atom is -0.466 e. The number of fused-ring (bicyclic) bond motifs is 3. The van der Waals surface area contributed by atoms with E-state index in [9.17, 15) is 32.8 Å². The summed E-state index contributed by atoms with van der Waals surface area (Å²) in [6, 6.07) is 13.1. The van der Waals surface area contributed by atoms with Crippen molar-refractivity contribution in [1.29, 1.82) is 5.26 Å². The Hall–Kier alpha value is -4.39. The molecule has 0 radical (unpaired) electrons. The monoisotopic (exact) mass is 593 g/mol. The number of hydrogen-bond acceptors (Lipinski definition) is 6. The van der Waals surface area contributed by atoms with E-state index in [4.69, 9.17) is 4.74 Å². The first-order valence-corrected chi connectivity index (χ1v) is 14.3. The predicted molar refractivity (Wildman–Crippen MR) is 157 cm³/mol. The Morgan fingerprint density at radius 3 is 2.35 bits per heavy atom. The molecule has 7 nitrogen and oxygen atoms in total. The minimum absolute atomic E-state index is 0.0959. The van der Waals surface area contributed by atoms with Crippen LogP contribution in [0.5, 0.6) is 0 Å². The maximum Gasteiger partial charge on any atom is 0.418 e. The lowest BCUT2D eigenvalue weighted by Gasteiger charge is -2.30. The predicted octanol–water partition coefficient (Wildman–Crippen LogP) is 6.64. The zero-order valence-corrected chi connectivity index (χ0v) is 24.7. The van der Waals surface area contributed by atoms with E-state index in [1.54, 1.807) is 6.92 Å². The molecule has 0 atom stereocenters. The first-order valence-electron chi connectivity index (χ1n) is 14.3. The quantitative estimate of drug-likeness (QED) is 0.184. The number of esters is 1. The zero-order chi connectivity index (χ0) is 31.5. The second kappa shape index (κ2) is 12.5. The topological polar surface area (TPSA) is 90.7 Å². The van der Waals surface area contributed by atoms with E-state index in [1.807, 2.05) is 62.1 Å². The van der Waals surface area contributed by atoms with Gasteiger partial charge >= 0.3 is 12.1 Å². The van der Waals surface area contributed by atoms with Crippen LogP contribution in [0.15, 0.2) is 71.0 Å². The fourth-order valence-electron chi connectivity index (χ4n) is 5.85. The molecular weight excluding hydrogens is 559 g/mol. The van der Waals surface area contributed by atoms with Crippen LogP contribution in [-0.4, -0.2) is 48.6 Å². The number of unbranched alkanes of at least 4 members (excludes halogenated alkanes) is 1. The Labute approximate surface area is 248 Å². The molecule has 0 bridgehead atoms. The standard InChI is InChI=1S/C33H34F3N3O4/c1-5-7-18-39-30(41)23(28(33(34,35)36)24(20-37)31(39)42)15-17-26-32(3,4)29-22-12-9-8-11-21(22)14-16-25(29)38(26)19-10-13-27(40)43-6-2/h8-9,11-12,14-17H,5-7,10,13,18-19H2,1-4H3/b23-15-,26-17+. The summed E-state index contributed by atoms with van der Waals surface area (Å²) in [5.74, 6) is -2.67. The van der Waals surface area contributed by atoms with Crippen molar-refractivity contribution in [3.05, 3.63) is 76.5 Å². The first kappa shape index (κ1) is 31.5. The maximum absolute atomic E-state index is 14.3. The average molecular weight is 594 g/mol. The van der Waals surface area contributed by atoms with Crippen molar-refractivity contribution >= 4 is 34.2 Å². The summed E-state index contributed by atoms with van der Waals surface area (Å²) in [6.45, 7) is 7.98. The van der Waals surface area contributed by atoms with Gasteiger partial charge in [0.25, 0.3) is 11.8 Å². The Morgan fingerprint density at radius 1 is 1.00 bits per heavy atom. The normalized spacial score (nSPS) is 18.6. The van der Waals surface area contributed by atoms with Gasteiger partial charge in [-0.15, -0.1) is 0 Å². The molecule has 2 aromatic rings. The van der Waals surface area contributed by atoms with Crippen molar-refractivity contribution in [2.24, 2.45) is 0 Å². The van der Waals surface area contributed by atoms with Crippen LogP contribution in [0.3, 0.4) is 0 Å². The Morgan fingerprint density at radius 2 is 1.70 bits per heavy atom. The molecule has 4 rings (SSSR count). The summed E-state index contributed by atoms with van der Waals surface area (Å²) in [6.07, 6.45) is -1.00. The molecule has 2 aromatic carbocycles. The van der Waals surface area contributed by atoms with Crippen molar-refractivity contribution in [3.63, 3.8) is 0 Å². The number of nitrogens with zero attached hydrogens (tertiary/aromatic N) is 3. The highest BCUT2D eigenvalue weighted by molar-refractivity contribution is 6.18. The van der Waals surface area contributed by atoms with Crippen LogP contribution in [0.1, 0.15) is 58.9 Å². The Balaban J connectivity index is 1.89. The maximum atomic E-state index is 14.3. The highest BCUT2D eigenvalue weighted by Gasteiger charge is 2.49. The lowest BCUT2D eigenvalue weighted by atomic mass is 9.81. The van der Waals surface area contributed by atoms with Crippen molar-refractivity contribution in [3.8, 4) is 6.07 Å². The summed E-state index contributed by atoms with van der Waals surface area (Å²) in [5.41, 5.74) is -1.68. The summed E-state index contributed by atoms with van der Waals surface area (Å²) < 4.78 is 48.1. The number of alkyl halides is 3. The number of rotatable bonds is 9. The van der Waals surface area contributed by atoms with Gasteiger partial charge in [-0.3, -0.25) is 19.3 Å². The Kier molecular flexibility index (Phi) is 9.14. The van der Waals surface area contributed by atoms with Crippen LogP contribution in [0, 0.1) is 11.3 Å². The number of halogens is 3. The molecular formula is C33H34F3N3O4. The summed E-state index contributed by atoms with van der Waals surface area (Å²) >= 11 is 0. The fourth-order valence-corrected chi connectivity index (χ4v) is 5.85. The van der Waals surface area contributed by atoms with Crippen LogP contribution in [0.25, 0.3) is 10.8 Å². The molecule has 0 spiro atoms. The Bertz CT molecular complexity index is 1590. The zero-order valence-electron chi connectivity index (χ0n) is 24.7. The molecule has 2 amide bonds. The third-order valence-electron chi connectivity index (χ3n) is 7.81. The summed E-state index contributed by atoms with van der Waals surface area (Å²) in [5, 5.41) is 11.6. The first-order chi connectivity index (χ1) is 20.4. The molecule has 0 N–H and O–H groups in total. The molecule has 0 unspecified atom stereocenters. The third kappa shape index (κ3) is 5.94. The number of nitriles is 1. The molecule has 10 heteroatoms. The number of allylic oxidation sites excluding steroid dienone is 3. The van der Waals surface area contributed by atoms with Crippen LogP contribution >= 0.6 is 0 Å². The van der Waals surface area contributed by atoms with Gasteiger partial charge in [0.1, 0.15) is 11.6 Å². The van der Waals surface area contributed by atoms with Gasteiger partial charge in [-0.1, -0.05) is 57.5 Å². The van der Waals surface area contributed by atoms with Crippen molar-refractivity contribution in [2.75, 3.05) is 24.6 Å². The molecule has 0 fully saturated rings. The van der Waals surface area contributed by atoms with E-state index in [2.05, 4.69) is 0 Å². The van der Waals surface area contributed by atoms with Gasteiger partial charge in [0, 0.05) is 36.3 Å². The molecule has 226 valence electrons. The molecule has 2 heterocycles. The molecule has 0 saturated heterocycles. The largest absolute Gasteiger partial charge is 0.466 e. The second-order valence-corrected chi connectivity index (χ2v) is 11.0. The number of ether oxygens (including phenoxy) is 1. The molecule has 2 aliphatic heterocycles. The number of benzene rings is 2. The number of carbonyl (C=O) groups is 3. The number of hydrogen-bond donors (Lipinski definition) is 0. The van der Waals surface area contributed by atoms with E-state index in [-0.39, 0.29) is 25.5 Å². The van der Waals surface area contributed by atoms with E-state index in [0.29, 0.717) is 31.5 Å². The molecule has 0 aliphatic carbocycles. The fraction of sp³-hybridized carbons (Fsp3) is 0.394. The number of carbonyl (C=O) groups excluding carboxylic acids is 3. The van der Waals surface area contributed by atoms with E-state index in [0.717, 1.165) is 33.0 Å². The molecule has 0 aromatic heterocycles. The second-order valence-electron chi connectivity index (χ2n) is 11.0. The van der Waals surface area contributed by atoms with Crippen LogP contribution < -0.4 is 4.90 Å². The van der Waals surface area contributed by atoms with E-state index in [1.165, 1.54) is 12.1 Å². The summed E-state index contributed by atoms with van der Waals surface area (Å²) in [7, 11) is 0. The smallest absolute Gasteiger partial charge is 0.418 e. The van der Waals surface area contributed by atoms with E-state index < -0.39 is 40.1 Å². The third-order valence-corrected chi connectivity index (χ3v) is 7.81. The SMILES string of the molecule is CCCCN1C(=O)C(C#N)=C(C(F)(F)F)/C(=C/C=C2/N(CCCC(=O)OCC)c3ccc4ccccc4c3C2(C)C)C1=O. The van der Waals surface area contributed by atoms with Gasteiger partial charge in [-0.2, -0.15) is 18.4 Å². The number of anilines is 1. The van der Waals surface area contributed by atoms with Gasteiger partial charge < -0.3 is 9.64 Å². The van der Waals surface area contributed by atoms with Gasteiger partial charge in [-0.05, 0) is 54.3 Å².